The Morgan fingerprint density at radius 2 is 1.40 bits per heavy atom. The number of non-ortho nitro benzene ring substituents is 1. The second-order valence-electron chi connectivity index (χ2n) is 7.96. The normalized spacial score (nSPS) is 13.3. The lowest BCUT2D eigenvalue weighted by Crippen LogP contribution is -2.49. The number of nitrogens with zero attached hydrogens (tertiary/aromatic N) is 3. The van der Waals surface area contributed by atoms with E-state index >= 15 is 0 Å². The first-order valence-electron chi connectivity index (χ1n) is 11.1. The molecule has 0 N–H and O–H groups in total. The van der Waals surface area contributed by atoms with Crippen LogP contribution in [0.5, 0.6) is 0 Å². The molecule has 9 nitrogen and oxygen atoms in total. The van der Waals surface area contributed by atoms with Crippen LogP contribution in [0.4, 0.5) is 11.4 Å². The Morgan fingerprint density at radius 1 is 0.800 bits per heavy atom. The highest BCUT2D eigenvalue weighted by Gasteiger charge is 2.24. The molecule has 1 saturated heterocycles. The van der Waals surface area contributed by atoms with Crippen LogP contribution in [0.2, 0.25) is 0 Å². The predicted octanol–water partition coefficient (Wildman–Crippen LogP) is 3.33. The molecule has 1 heterocycles. The molecule has 35 heavy (non-hydrogen) atoms. The maximum absolute atomic E-state index is 12.8. The maximum atomic E-state index is 12.8. The van der Waals surface area contributed by atoms with Gasteiger partial charge in [0, 0.05) is 55.1 Å². The van der Waals surface area contributed by atoms with Crippen LogP contribution in [0.1, 0.15) is 26.3 Å². The molecule has 0 atom stereocenters. The molecule has 0 spiro atoms. The average molecular weight is 473 g/mol. The Labute approximate surface area is 201 Å². The van der Waals surface area contributed by atoms with Crippen LogP contribution in [-0.2, 0) is 9.53 Å². The molecule has 1 fully saturated rings. The lowest BCUT2D eigenvalue weighted by Gasteiger charge is -2.36. The molecule has 178 valence electrons. The van der Waals surface area contributed by atoms with Gasteiger partial charge in [-0.25, -0.2) is 4.79 Å². The van der Waals surface area contributed by atoms with E-state index in [-0.39, 0.29) is 28.5 Å². The number of hydrogen-bond acceptors (Lipinski definition) is 7. The molecule has 1 aliphatic rings. The molecule has 3 aromatic carbocycles. The van der Waals surface area contributed by atoms with Gasteiger partial charge in [0.05, 0.1) is 10.5 Å². The number of amides is 1. The van der Waals surface area contributed by atoms with Crippen molar-refractivity contribution in [3.63, 3.8) is 0 Å². The van der Waals surface area contributed by atoms with Gasteiger partial charge in [-0.3, -0.25) is 19.7 Å². The molecule has 0 aliphatic carbocycles. The van der Waals surface area contributed by atoms with Crippen molar-refractivity contribution in [3.8, 4) is 0 Å². The number of nitro benzene ring substituents is 1. The van der Waals surface area contributed by atoms with Crippen LogP contribution in [0.25, 0.3) is 0 Å². The standard InChI is InChI=1S/C26H23N3O6/c30-24(28-16-14-27(15-17-28)20-10-12-21(13-11-20)29(33)34)18-35-26(32)23-9-5-4-8-22(23)25(31)19-6-2-1-3-7-19/h1-13H,14-18H2. The molecule has 0 bridgehead atoms. The van der Waals surface area contributed by atoms with E-state index in [0.29, 0.717) is 31.7 Å². The minimum absolute atomic E-state index is 0.0245. The number of ether oxygens (including phenoxy) is 1. The fourth-order valence-electron chi connectivity index (χ4n) is 3.90. The number of anilines is 1. The number of ketones is 1. The van der Waals surface area contributed by atoms with Gasteiger partial charge in [-0.2, -0.15) is 0 Å². The summed E-state index contributed by atoms with van der Waals surface area (Å²) in [5.74, 6) is -1.36. The van der Waals surface area contributed by atoms with E-state index in [1.54, 1.807) is 65.6 Å². The molecule has 4 rings (SSSR count). The molecule has 1 aliphatic heterocycles. The zero-order chi connectivity index (χ0) is 24.8. The summed E-state index contributed by atoms with van der Waals surface area (Å²) in [6.45, 7) is 1.52. The van der Waals surface area contributed by atoms with Crippen molar-refractivity contribution in [2.75, 3.05) is 37.7 Å². The number of carbonyl (C=O) groups excluding carboxylic acids is 3. The fraction of sp³-hybridized carbons (Fsp3) is 0.192. The summed E-state index contributed by atoms with van der Waals surface area (Å²) < 4.78 is 5.26. The highest BCUT2D eigenvalue weighted by atomic mass is 16.6. The van der Waals surface area contributed by atoms with Gasteiger partial charge in [-0.05, 0) is 18.2 Å². The Morgan fingerprint density at radius 3 is 2.03 bits per heavy atom. The Balaban J connectivity index is 1.32. The van der Waals surface area contributed by atoms with E-state index in [1.807, 2.05) is 4.90 Å². The van der Waals surface area contributed by atoms with Gasteiger partial charge in [0.1, 0.15) is 0 Å². The Hall–Kier alpha value is -4.53. The molecule has 3 aromatic rings. The van der Waals surface area contributed by atoms with Crippen molar-refractivity contribution in [1.29, 1.82) is 0 Å². The van der Waals surface area contributed by atoms with Crippen LogP contribution >= 0.6 is 0 Å². The second kappa shape index (κ2) is 10.6. The number of benzene rings is 3. The quantitative estimate of drug-likeness (QED) is 0.224. The van der Waals surface area contributed by atoms with Gasteiger partial charge in [0.15, 0.2) is 12.4 Å². The van der Waals surface area contributed by atoms with Crippen molar-refractivity contribution in [3.05, 3.63) is 106 Å². The Kier molecular flexibility index (Phi) is 7.15. The Bertz CT molecular complexity index is 1240. The largest absolute Gasteiger partial charge is 0.452 e. The van der Waals surface area contributed by atoms with E-state index < -0.39 is 17.5 Å². The number of esters is 1. The van der Waals surface area contributed by atoms with Crippen LogP contribution in [0.15, 0.2) is 78.9 Å². The third-order valence-electron chi connectivity index (χ3n) is 5.81. The van der Waals surface area contributed by atoms with E-state index in [4.69, 9.17) is 4.74 Å². The molecule has 0 radical (unpaired) electrons. The van der Waals surface area contributed by atoms with Crippen molar-refractivity contribution < 1.29 is 24.0 Å². The maximum Gasteiger partial charge on any atom is 0.339 e. The van der Waals surface area contributed by atoms with Crippen molar-refractivity contribution in [1.82, 2.24) is 4.90 Å². The van der Waals surface area contributed by atoms with Gasteiger partial charge in [-0.1, -0.05) is 48.5 Å². The predicted molar refractivity (Wildman–Crippen MR) is 128 cm³/mol. The van der Waals surface area contributed by atoms with E-state index in [1.165, 1.54) is 18.2 Å². The fourth-order valence-corrected chi connectivity index (χ4v) is 3.90. The van der Waals surface area contributed by atoms with E-state index in [9.17, 15) is 24.5 Å². The summed E-state index contributed by atoms with van der Waals surface area (Å²) in [6, 6.07) is 21.3. The second-order valence-corrected chi connectivity index (χ2v) is 7.96. The van der Waals surface area contributed by atoms with Crippen LogP contribution in [0, 0.1) is 10.1 Å². The van der Waals surface area contributed by atoms with Gasteiger partial charge in [0.2, 0.25) is 0 Å². The lowest BCUT2D eigenvalue weighted by molar-refractivity contribution is -0.384. The van der Waals surface area contributed by atoms with Crippen LogP contribution < -0.4 is 4.90 Å². The molecule has 0 aromatic heterocycles. The summed E-state index contributed by atoms with van der Waals surface area (Å²) in [7, 11) is 0. The zero-order valence-electron chi connectivity index (χ0n) is 18.8. The summed E-state index contributed by atoms with van der Waals surface area (Å²) >= 11 is 0. The minimum Gasteiger partial charge on any atom is -0.452 e. The average Bonchev–Trinajstić information content (AvgIpc) is 2.91. The first kappa shape index (κ1) is 23.6. The topological polar surface area (TPSA) is 110 Å². The van der Waals surface area contributed by atoms with Crippen LogP contribution in [0.3, 0.4) is 0 Å². The third-order valence-corrected chi connectivity index (χ3v) is 5.81. The molecule has 9 heteroatoms. The molecular weight excluding hydrogens is 450 g/mol. The number of carbonyl (C=O) groups is 3. The monoisotopic (exact) mass is 473 g/mol. The molecule has 1 amide bonds. The van der Waals surface area contributed by atoms with Gasteiger partial charge >= 0.3 is 5.97 Å². The van der Waals surface area contributed by atoms with Crippen LogP contribution in [-0.4, -0.2) is 60.3 Å². The first-order valence-corrected chi connectivity index (χ1v) is 11.1. The summed E-state index contributed by atoms with van der Waals surface area (Å²) in [5.41, 5.74) is 1.64. The van der Waals surface area contributed by atoms with Crippen molar-refractivity contribution >= 4 is 29.0 Å². The smallest absolute Gasteiger partial charge is 0.339 e. The molecular formula is C26H23N3O6. The zero-order valence-corrected chi connectivity index (χ0v) is 18.8. The first-order chi connectivity index (χ1) is 16.9. The summed E-state index contributed by atoms with van der Waals surface area (Å²) in [5, 5.41) is 10.8. The summed E-state index contributed by atoms with van der Waals surface area (Å²) in [6.07, 6.45) is 0. The number of piperazine rings is 1. The van der Waals surface area contributed by atoms with Crippen molar-refractivity contribution in [2.45, 2.75) is 0 Å². The van der Waals surface area contributed by atoms with Gasteiger partial charge < -0.3 is 14.5 Å². The van der Waals surface area contributed by atoms with Gasteiger partial charge in [0.25, 0.3) is 11.6 Å². The third kappa shape index (κ3) is 5.52. The highest BCUT2D eigenvalue weighted by Crippen LogP contribution is 2.21. The van der Waals surface area contributed by atoms with E-state index in [2.05, 4.69) is 0 Å². The molecule has 0 unspecified atom stereocenters. The number of hydrogen-bond donors (Lipinski definition) is 0. The number of nitro groups is 1. The SMILES string of the molecule is O=C(OCC(=O)N1CCN(c2ccc([N+](=O)[O-])cc2)CC1)c1ccccc1C(=O)c1ccccc1. The van der Waals surface area contributed by atoms with Gasteiger partial charge in [-0.15, -0.1) is 0 Å². The molecule has 0 saturated carbocycles. The minimum atomic E-state index is -0.734. The highest BCUT2D eigenvalue weighted by molar-refractivity contribution is 6.14. The number of rotatable bonds is 7. The summed E-state index contributed by atoms with van der Waals surface area (Å²) in [4.78, 5) is 52.2. The van der Waals surface area contributed by atoms with E-state index in [0.717, 1.165) is 5.69 Å². The lowest BCUT2D eigenvalue weighted by atomic mass is 9.98. The van der Waals surface area contributed by atoms with Crippen molar-refractivity contribution in [2.24, 2.45) is 0 Å².